The molecule has 0 bridgehead atoms. The van der Waals surface area contributed by atoms with Crippen molar-refractivity contribution in [1.82, 2.24) is 15.2 Å². The first-order valence-corrected chi connectivity index (χ1v) is 12.2. The zero-order valence-electron chi connectivity index (χ0n) is 19.6. The molecule has 0 radical (unpaired) electrons. The lowest BCUT2D eigenvalue weighted by atomic mass is 10.1. The third-order valence-electron chi connectivity index (χ3n) is 5.32. The topological polar surface area (TPSA) is 80.8 Å². The molecular weight excluding hydrogens is 450 g/mol. The van der Waals surface area contributed by atoms with Gasteiger partial charge < -0.3 is 19.7 Å². The minimum Gasteiger partial charge on any atom is -0.457 e. The van der Waals surface area contributed by atoms with E-state index in [0.29, 0.717) is 31.1 Å². The second kappa shape index (κ2) is 10.3. The van der Waals surface area contributed by atoms with Crippen LogP contribution in [0.5, 0.6) is 11.5 Å². The van der Waals surface area contributed by atoms with Crippen molar-refractivity contribution in [2.75, 3.05) is 19.6 Å². The fourth-order valence-electron chi connectivity index (χ4n) is 3.73. The summed E-state index contributed by atoms with van der Waals surface area (Å²) in [5, 5.41) is 5.33. The molecule has 1 saturated heterocycles. The Labute approximate surface area is 203 Å². The summed E-state index contributed by atoms with van der Waals surface area (Å²) in [5.41, 5.74) is 0.737. The van der Waals surface area contributed by atoms with E-state index in [0.717, 1.165) is 22.7 Å². The molecule has 1 aromatic heterocycles. The van der Waals surface area contributed by atoms with E-state index in [1.54, 1.807) is 10.3 Å². The molecule has 0 spiro atoms. The smallest absolute Gasteiger partial charge is 0.407 e. The average Bonchev–Trinajstić information content (AvgIpc) is 3.47. The number of hydrogen-bond acceptors (Lipinski definition) is 6. The lowest BCUT2D eigenvalue weighted by Gasteiger charge is -2.20. The molecule has 2 amide bonds. The number of ether oxygens (including phenoxy) is 2. The molecule has 4 rings (SSSR count). The van der Waals surface area contributed by atoms with Crippen LogP contribution in [0.15, 0.2) is 60.0 Å². The number of carbonyl (C=O) groups is 2. The summed E-state index contributed by atoms with van der Waals surface area (Å²) in [6.07, 6.45) is 0.393. The molecule has 34 heavy (non-hydrogen) atoms. The lowest BCUT2D eigenvalue weighted by molar-refractivity contribution is 0.0520. The zero-order valence-corrected chi connectivity index (χ0v) is 20.4. The van der Waals surface area contributed by atoms with Gasteiger partial charge in [0.2, 0.25) is 0 Å². The molecule has 0 aliphatic carbocycles. The highest BCUT2D eigenvalue weighted by atomic mass is 32.1. The lowest BCUT2D eigenvalue weighted by Crippen LogP contribution is -2.36. The van der Waals surface area contributed by atoms with E-state index in [2.05, 4.69) is 10.3 Å². The number of rotatable bonds is 6. The SMILES string of the molecule is CC(C)(C)OC(=O)NC[C@@H]1CCN(C(=O)c2csc(-c3ccccc3Oc3ccccc3)n2)C1. The van der Waals surface area contributed by atoms with Crippen molar-refractivity contribution in [3.8, 4) is 22.1 Å². The van der Waals surface area contributed by atoms with Crippen molar-refractivity contribution < 1.29 is 19.1 Å². The Kier molecular flexibility index (Phi) is 7.17. The van der Waals surface area contributed by atoms with Gasteiger partial charge in [0.1, 0.15) is 27.8 Å². The molecular formula is C26H29N3O4S. The molecule has 3 aromatic rings. The Balaban J connectivity index is 1.38. The van der Waals surface area contributed by atoms with Crippen molar-refractivity contribution in [1.29, 1.82) is 0 Å². The molecule has 0 saturated carbocycles. The number of nitrogens with zero attached hydrogens (tertiary/aromatic N) is 2. The fourth-order valence-corrected chi connectivity index (χ4v) is 4.55. The van der Waals surface area contributed by atoms with Gasteiger partial charge in [-0.05, 0) is 57.4 Å². The molecule has 1 aliphatic rings. The van der Waals surface area contributed by atoms with E-state index in [9.17, 15) is 9.59 Å². The van der Waals surface area contributed by atoms with E-state index in [4.69, 9.17) is 9.47 Å². The Morgan fingerprint density at radius 1 is 1.12 bits per heavy atom. The predicted octanol–water partition coefficient (Wildman–Crippen LogP) is 5.59. The minimum absolute atomic E-state index is 0.0938. The Morgan fingerprint density at radius 3 is 2.62 bits per heavy atom. The van der Waals surface area contributed by atoms with Gasteiger partial charge in [-0.15, -0.1) is 11.3 Å². The highest BCUT2D eigenvalue weighted by Gasteiger charge is 2.29. The Hall–Kier alpha value is -3.39. The summed E-state index contributed by atoms with van der Waals surface area (Å²) in [4.78, 5) is 31.4. The molecule has 1 aliphatic heterocycles. The van der Waals surface area contributed by atoms with Crippen molar-refractivity contribution in [2.45, 2.75) is 32.8 Å². The van der Waals surface area contributed by atoms with Crippen LogP contribution >= 0.6 is 11.3 Å². The van der Waals surface area contributed by atoms with Crippen molar-refractivity contribution in [3.05, 3.63) is 65.7 Å². The van der Waals surface area contributed by atoms with Gasteiger partial charge >= 0.3 is 6.09 Å². The standard InChI is InChI=1S/C26H29N3O4S/c1-26(2,3)33-25(31)27-15-18-13-14-29(16-18)24(30)21-17-34-23(28-21)20-11-7-8-12-22(20)32-19-9-5-4-6-10-19/h4-12,17-18H,13-16H2,1-3H3,(H,27,31)/t18-/m0/s1. The number of carbonyl (C=O) groups excluding carboxylic acids is 2. The van der Waals surface area contributed by atoms with Gasteiger partial charge in [0.05, 0.1) is 5.56 Å². The summed E-state index contributed by atoms with van der Waals surface area (Å²) in [6, 6.07) is 17.3. The minimum atomic E-state index is -0.533. The molecule has 1 atom stereocenters. The zero-order chi connectivity index (χ0) is 24.1. The van der Waals surface area contributed by atoms with Gasteiger partial charge in [-0.3, -0.25) is 4.79 Å². The van der Waals surface area contributed by atoms with Crippen LogP contribution in [0.1, 0.15) is 37.7 Å². The maximum atomic E-state index is 13.1. The molecule has 1 N–H and O–H groups in total. The predicted molar refractivity (Wildman–Crippen MR) is 132 cm³/mol. The fraction of sp³-hybridized carbons (Fsp3) is 0.346. The number of alkyl carbamates (subject to hydrolysis) is 1. The maximum Gasteiger partial charge on any atom is 0.407 e. The number of aromatic nitrogens is 1. The largest absolute Gasteiger partial charge is 0.457 e. The number of hydrogen-bond donors (Lipinski definition) is 1. The first-order valence-electron chi connectivity index (χ1n) is 11.3. The number of likely N-dealkylation sites (tertiary alicyclic amines) is 1. The van der Waals surface area contributed by atoms with Gasteiger partial charge in [0.25, 0.3) is 5.91 Å². The van der Waals surface area contributed by atoms with Gasteiger partial charge in [-0.2, -0.15) is 0 Å². The van der Waals surface area contributed by atoms with E-state index >= 15 is 0 Å². The second-order valence-corrected chi connectivity index (χ2v) is 10.1. The first-order chi connectivity index (χ1) is 16.3. The normalized spacial score (nSPS) is 15.7. The monoisotopic (exact) mass is 479 g/mol. The third kappa shape index (κ3) is 6.14. The third-order valence-corrected chi connectivity index (χ3v) is 6.19. The average molecular weight is 480 g/mol. The molecule has 0 unspecified atom stereocenters. The summed E-state index contributed by atoms with van der Waals surface area (Å²) in [6.45, 7) is 7.19. The summed E-state index contributed by atoms with van der Waals surface area (Å²) >= 11 is 1.42. The molecule has 7 nitrogen and oxygen atoms in total. The number of amides is 2. The van der Waals surface area contributed by atoms with Gasteiger partial charge in [-0.25, -0.2) is 9.78 Å². The maximum absolute atomic E-state index is 13.1. The van der Waals surface area contributed by atoms with E-state index < -0.39 is 11.7 Å². The van der Waals surface area contributed by atoms with Gasteiger partial charge in [0, 0.05) is 25.0 Å². The second-order valence-electron chi connectivity index (χ2n) is 9.24. The van der Waals surface area contributed by atoms with Crippen molar-refractivity contribution in [2.24, 2.45) is 5.92 Å². The number of nitrogens with one attached hydrogen (secondary N) is 1. The van der Waals surface area contributed by atoms with Crippen LogP contribution in [-0.2, 0) is 4.74 Å². The number of thiazole rings is 1. The molecule has 178 valence electrons. The highest BCUT2D eigenvalue weighted by molar-refractivity contribution is 7.13. The van der Waals surface area contributed by atoms with Crippen LogP contribution < -0.4 is 10.1 Å². The molecule has 1 fully saturated rings. The van der Waals surface area contributed by atoms with Crippen molar-refractivity contribution >= 4 is 23.3 Å². The van der Waals surface area contributed by atoms with E-state index in [1.807, 2.05) is 75.4 Å². The van der Waals surface area contributed by atoms with Gasteiger partial charge in [0.15, 0.2) is 0 Å². The van der Waals surface area contributed by atoms with Crippen LogP contribution in [0.3, 0.4) is 0 Å². The molecule has 8 heteroatoms. The number of benzene rings is 2. The van der Waals surface area contributed by atoms with Crippen LogP contribution in [0.2, 0.25) is 0 Å². The summed E-state index contributed by atoms with van der Waals surface area (Å²) in [5.74, 6) is 1.53. The van der Waals surface area contributed by atoms with E-state index in [1.165, 1.54) is 11.3 Å². The summed E-state index contributed by atoms with van der Waals surface area (Å²) < 4.78 is 11.3. The Bertz CT molecular complexity index is 1140. The summed E-state index contributed by atoms with van der Waals surface area (Å²) in [7, 11) is 0. The van der Waals surface area contributed by atoms with Crippen molar-refractivity contribution in [3.63, 3.8) is 0 Å². The molecule has 2 heterocycles. The molecule has 2 aromatic carbocycles. The van der Waals surface area contributed by atoms with Crippen LogP contribution in [0.4, 0.5) is 4.79 Å². The first kappa shape index (κ1) is 23.8. The van der Waals surface area contributed by atoms with Crippen LogP contribution in [-0.4, -0.2) is 47.1 Å². The van der Waals surface area contributed by atoms with Gasteiger partial charge in [-0.1, -0.05) is 30.3 Å². The quantitative estimate of drug-likeness (QED) is 0.499. The van der Waals surface area contributed by atoms with Crippen LogP contribution in [0.25, 0.3) is 10.6 Å². The van der Waals surface area contributed by atoms with Crippen LogP contribution in [0, 0.1) is 5.92 Å². The van der Waals surface area contributed by atoms with E-state index in [-0.39, 0.29) is 11.8 Å². The Morgan fingerprint density at radius 2 is 1.85 bits per heavy atom. The highest BCUT2D eigenvalue weighted by Crippen LogP contribution is 2.35. The number of para-hydroxylation sites is 2.